The Bertz CT molecular complexity index is 1140. The average molecular weight is 451 g/mol. The van der Waals surface area contributed by atoms with Gasteiger partial charge in [0.15, 0.2) is 11.7 Å². The molecule has 30 heavy (non-hydrogen) atoms. The second-order valence-electron chi connectivity index (χ2n) is 6.77. The van der Waals surface area contributed by atoms with Gasteiger partial charge in [-0.1, -0.05) is 41.4 Å². The standard InChI is InChI=1S/C21H20Cl2N2O5/c1-12(15-8-7-14(22)11-16(15)23)24-20(27)13(2)29-19(26)9-10-25-17-5-3-4-6-18(17)30-21(25)28/h3-8,11-13H,9-10H2,1-2H3,(H,24,27). The Labute approximate surface area is 182 Å². The van der Waals surface area contributed by atoms with Crippen LogP contribution >= 0.6 is 23.2 Å². The molecule has 1 N–H and O–H groups in total. The molecule has 0 bridgehead atoms. The second-order valence-corrected chi connectivity index (χ2v) is 7.61. The van der Waals surface area contributed by atoms with Gasteiger partial charge >= 0.3 is 11.7 Å². The predicted molar refractivity (Wildman–Crippen MR) is 114 cm³/mol. The number of para-hydroxylation sites is 2. The van der Waals surface area contributed by atoms with Crippen LogP contribution in [-0.4, -0.2) is 22.5 Å². The van der Waals surface area contributed by atoms with Crippen LogP contribution in [0.3, 0.4) is 0 Å². The smallest absolute Gasteiger partial charge is 0.419 e. The lowest BCUT2D eigenvalue weighted by atomic mass is 10.1. The van der Waals surface area contributed by atoms with E-state index in [-0.39, 0.29) is 13.0 Å². The van der Waals surface area contributed by atoms with Gasteiger partial charge in [0.05, 0.1) is 18.0 Å². The van der Waals surface area contributed by atoms with Crippen LogP contribution in [0.1, 0.15) is 31.9 Å². The zero-order valence-electron chi connectivity index (χ0n) is 16.4. The highest BCUT2D eigenvalue weighted by molar-refractivity contribution is 6.35. The number of hydrogen-bond donors (Lipinski definition) is 1. The molecule has 1 amide bonds. The van der Waals surface area contributed by atoms with Gasteiger partial charge in [0.1, 0.15) is 0 Å². The summed E-state index contributed by atoms with van der Waals surface area (Å²) in [4.78, 5) is 36.5. The lowest BCUT2D eigenvalue weighted by molar-refractivity contribution is -0.155. The Hall–Kier alpha value is -2.77. The highest BCUT2D eigenvalue weighted by Gasteiger charge is 2.21. The summed E-state index contributed by atoms with van der Waals surface area (Å²) in [6.45, 7) is 3.32. The van der Waals surface area contributed by atoms with Crippen LogP contribution in [0.5, 0.6) is 0 Å². The lowest BCUT2D eigenvalue weighted by Crippen LogP contribution is -2.37. The first-order chi connectivity index (χ1) is 14.3. The summed E-state index contributed by atoms with van der Waals surface area (Å²) < 4.78 is 11.7. The third kappa shape index (κ3) is 5.04. The highest BCUT2D eigenvalue weighted by atomic mass is 35.5. The molecule has 0 fully saturated rings. The van der Waals surface area contributed by atoms with E-state index >= 15 is 0 Å². The number of halogens is 2. The van der Waals surface area contributed by atoms with E-state index in [0.717, 1.165) is 0 Å². The SMILES string of the molecule is CC(OC(=O)CCn1c(=O)oc2ccccc21)C(=O)NC(C)c1ccc(Cl)cc1Cl. The zero-order valence-corrected chi connectivity index (χ0v) is 17.9. The number of oxazole rings is 1. The Kier molecular flexibility index (Phi) is 6.84. The summed E-state index contributed by atoms with van der Waals surface area (Å²) in [5.41, 5.74) is 1.73. The quantitative estimate of drug-likeness (QED) is 0.547. The first-order valence-corrected chi connectivity index (χ1v) is 10.0. The van der Waals surface area contributed by atoms with Gasteiger partial charge in [-0.05, 0) is 43.7 Å². The van der Waals surface area contributed by atoms with Gasteiger partial charge in [-0.2, -0.15) is 0 Å². The van der Waals surface area contributed by atoms with Gasteiger partial charge in [0, 0.05) is 16.6 Å². The first-order valence-electron chi connectivity index (χ1n) is 9.29. The third-order valence-corrected chi connectivity index (χ3v) is 5.14. The summed E-state index contributed by atoms with van der Waals surface area (Å²) in [5.74, 6) is -1.62. The molecule has 0 spiro atoms. The molecule has 3 rings (SSSR count). The summed E-state index contributed by atoms with van der Waals surface area (Å²) in [5, 5.41) is 3.67. The van der Waals surface area contributed by atoms with Crippen LogP contribution < -0.4 is 11.1 Å². The van der Waals surface area contributed by atoms with Gasteiger partial charge < -0.3 is 14.5 Å². The van der Waals surface area contributed by atoms with Crippen molar-refractivity contribution in [2.45, 2.75) is 39.0 Å². The van der Waals surface area contributed by atoms with Crippen LogP contribution in [0.2, 0.25) is 10.0 Å². The molecule has 0 radical (unpaired) electrons. The maximum Gasteiger partial charge on any atom is 0.419 e. The summed E-state index contributed by atoms with van der Waals surface area (Å²) in [6.07, 6.45) is -1.09. The Morgan fingerprint density at radius 1 is 1.17 bits per heavy atom. The number of hydrogen-bond acceptors (Lipinski definition) is 5. The predicted octanol–water partition coefficient (Wildman–Crippen LogP) is 4.10. The topological polar surface area (TPSA) is 90.5 Å². The molecule has 7 nitrogen and oxygen atoms in total. The molecule has 2 aromatic carbocycles. The fourth-order valence-electron chi connectivity index (χ4n) is 3.00. The molecule has 1 aromatic heterocycles. The zero-order chi connectivity index (χ0) is 21.8. The third-order valence-electron chi connectivity index (χ3n) is 4.58. The van der Waals surface area contributed by atoms with Crippen molar-refractivity contribution in [3.8, 4) is 0 Å². The number of fused-ring (bicyclic) bond motifs is 1. The summed E-state index contributed by atoms with van der Waals surface area (Å²) >= 11 is 12.0. The molecular weight excluding hydrogens is 431 g/mol. The van der Waals surface area contributed by atoms with Crippen molar-refractivity contribution in [2.24, 2.45) is 0 Å². The highest BCUT2D eigenvalue weighted by Crippen LogP contribution is 2.26. The van der Waals surface area contributed by atoms with E-state index in [1.165, 1.54) is 11.5 Å². The number of aryl methyl sites for hydroxylation is 1. The first kappa shape index (κ1) is 21.9. The molecule has 9 heteroatoms. The lowest BCUT2D eigenvalue weighted by Gasteiger charge is -2.19. The Morgan fingerprint density at radius 3 is 2.63 bits per heavy atom. The van der Waals surface area contributed by atoms with E-state index in [4.69, 9.17) is 32.4 Å². The van der Waals surface area contributed by atoms with Gasteiger partial charge in [-0.25, -0.2) is 4.79 Å². The summed E-state index contributed by atoms with van der Waals surface area (Å²) in [7, 11) is 0. The minimum Gasteiger partial charge on any atom is -0.452 e. The molecule has 2 unspecified atom stereocenters. The van der Waals surface area contributed by atoms with E-state index in [1.807, 2.05) is 0 Å². The molecule has 1 heterocycles. The monoisotopic (exact) mass is 450 g/mol. The van der Waals surface area contributed by atoms with E-state index in [1.54, 1.807) is 49.4 Å². The second kappa shape index (κ2) is 9.36. The van der Waals surface area contributed by atoms with Gasteiger partial charge in [0.2, 0.25) is 0 Å². The minimum absolute atomic E-state index is 0.0831. The number of carbonyl (C=O) groups excluding carboxylic acids is 2. The normalized spacial score (nSPS) is 13.1. The number of amides is 1. The van der Waals surface area contributed by atoms with E-state index < -0.39 is 29.8 Å². The van der Waals surface area contributed by atoms with Crippen molar-refractivity contribution in [1.82, 2.24) is 9.88 Å². The van der Waals surface area contributed by atoms with E-state index in [0.29, 0.717) is 26.7 Å². The Balaban J connectivity index is 1.55. The van der Waals surface area contributed by atoms with Crippen LogP contribution in [0.4, 0.5) is 0 Å². The molecule has 158 valence electrons. The number of ether oxygens (including phenoxy) is 1. The van der Waals surface area contributed by atoms with Crippen molar-refractivity contribution in [3.05, 3.63) is 68.6 Å². The number of nitrogens with one attached hydrogen (secondary N) is 1. The number of benzene rings is 2. The van der Waals surface area contributed by atoms with Crippen molar-refractivity contribution in [2.75, 3.05) is 0 Å². The molecule has 0 aliphatic carbocycles. The van der Waals surface area contributed by atoms with Crippen LogP contribution in [0.25, 0.3) is 11.1 Å². The maximum absolute atomic E-state index is 12.4. The molecule has 2 atom stereocenters. The Morgan fingerprint density at radius 2 is 1.90 bits per heavy atom. The number of nitrogens with zero attached hydrogens (tertiary/aromatic N) is 1. The molecular formula is C21H20Cl2N2O5. The molecule has 0 aliphatic heterocycles. The van der Waals surface area contributed by atoms with E-state index in [2.05, 4.69) is 5.32 Å². The van der Waals surface area contributed by atoms with E-state index in [9.17, 15) is 14.4 Å². The number of esters is 1. The maximum atomic E-state index is 12.4. The van der Waals surface area contributed by atoms with Crippen molar-refractivity contribution >= 4 is 46.2 Å². The number of rotatable bonds is 7. The largest absolute Gasteiger partial charge is 0.452 e. The average Bonchev–Trinajstić information content (AvgIpc) is 3.01. The van der Waals surface area contributed by atoms with Crippen LogP contribution in [-0.2, 0) is 20.9 Å². The van der Waals surface area contributed by atoms with Gasteiger partial charge in [-0.3, -0.25) is 14.2 Å². The fraction of sp³-hybridized carbons (Fsp3) is 0.286. The van der Waals surface area contributed by atoms with Crippen molar-refractivity contribution < 1.29 is 18.7 Å². The van der Waals surface area contributed by atoms with Crippen molar-refractivity contribution in [1.29, 1.82) is 0 Å². The van der Waals surface area contributed by atoms with Gasteiger partial charge in [-0.15, -0.1) is 0 Å². The van der Waals surface area contributed by atoms with Crippen LogP contribution in [0.15, 0.2) is 51.7 Å². The molecule has 0 aliphatic rings. The van der Waals surface area contributed by atoms with Crippen molar-refractivity contribution in [3.63, 3.8) is 0 Å². The van der Waals surface area contributed by atoms with Crippen LogP contribution in [0, 0.1) is 0 Å². The molecule has 0 saturated carbocycles. The van der Waals surface area contributed by atoms with Gasteiger partial charge in [0.25, 0.3) is 5.91 Å². The fourth-order valence-corrected chi connectivity index (χ4v) is 3.57. The number of aromatic nitrogens is 1. The molecule has 3 aromatic rings. The molecule has 0 saturated heterocycles. The minimum atomic E-state index is -1.01. The summed E-state index contributed by atoms with van der Waals surface area (Å²) in [6, 6.07) is 11.5. The number of carbonyl (C=O) groups is 2.